The van der Waals surface area contributed by atoms with Crippen LogP contribution in [-0.2, 0) is 6.42 Å². The summed E-state index contributed by atoms with van der Waals surface area (Å²) >= 11 is 0. The molecule has 0 radical (unpaired) electrons. The van der Waals surface area contributed by atoms with E-state index in [-0.39, 0.29) is 17.7 Å². The minimum absolute atomic E-state index is 0.241. The van der Waals surface area contributed by atoms with Gasteiger partial charge in [0.1, 0.15) is 0 Å². The van der Waals surface area contributed by atoms with Crippen LogP contribution in [0.2, 0.25) is 0 Å². The molecule has 30 heavy (non-hydrogen) atoms. The van der Waals surface area contributed by atoms with Crippen LogP contribution in [0.1, 0.15) is 46.6 Å². The molecule has 0 unspecified atom stereocenters. The van der Waals surface area contributed by atoms with Crippen LogP contribution in [0, 0.1) is 0 Å². The van der Waals surface area contributed by atoms with E-state index in [1.54, 1.807) is 24.5 Å². The summed E-state index contributed by atoms with van der Waals surface area (Å²) in [6.45, 7) is 2.13. The summed E-state index contributed by atoms with van der Waals surface area (Å²) in [5, 5.41) is 6.24. The zero-order chi connectivity index (χ0) is 20.5. The zero-order valence-electron chi connectivity index (χ0n) is 16.5. The molecule has 0 bridgehead atoms. The predicted octanol–water partition coefficient (Wildman–Crippen LogP) is 4.78. The summed E-state index contributed by atoms with van der Waals surface area (Å²) in [6, 6.07) is 17.4. The lowest BCUT2D eigenvalue weighted by Gasteiger charge is -2.21. The maximum Gasteiger partial charge on any atom is 0.310 e. The smallest absolute Gasteiger partial charge is 0.310 e. The molecule has 0 aliphatic carbocycles. The van der Waals surface area contributed by atoms with Gasteiger partial charge in [0.15, 0.2) is 5.76 Å². The fraction of sp³-hybridized carbons (Fsp3) is 0.167. The van der Waals surface area contributed by atoms with Crippen molar-refractivity contribution in [1.29, 1.82) is 0 Å². The Kier molecular flexibility index (Phi) is 4.59. The Morgan fingerprint density at radius 2 is 1.87 bits per heavy atom. The van der Waals surface area contributed by atoms with Gasteiger partial charge in [-0.15, -0.1) is 0 Å². The number of rotatable bonds is 4. The van der Waals surface area contributed by atoms with Crippen LogP contribution in [0.3, 0.4) is 0 Å². The Balaban J connectivity index is 1.54. The van der Waals surface area contributed by atoms with Gasteiger partial charge in [0.25, 0.3) is 0 Å². The molecule has 0 saturated carbocycles. The van der Waals surface area contributed by atoms with E-state index in [0.29, 0.717) is 6.42 Å². The van der Waals surface area contributed by atoms with Gasteiger partial charge < -0.3 is 4.42 Å². The molecule has 2 aromatic heterocycles. The number of fused-ring (bicyclic) bond motifs is 1. The molecule has 0 fully saturated rings. The molecule has 1 amide bonds. The fourth-order valence-corrected chi connectivity index (χ4v) is 3.77. The first-order valence-electron chi connectivity index (χ1n) is 9.97. The third-order valence-corrected chi connectivity index (χ3v) is 5.42. The maximum absolute atomic E-state index is 13.1. The Morgan fingerprint density at radius 3 is 2.60 bits per heavy atom. The molecule has 1 aliphatic rings. The van der Waals surface area contributed by atoms with Gasteiger partial charge in [-0.05, 0) is 47.4 Å². The van der Waals surface area contributed by atoms with Crippen molar-refractivity contribution in [2.45, 2.75) is 25.8 Å². The van der Waals surface area contributed by atoms with Crippen molar-refractivity contribution >= 4 is 22.7 Å². The monoisotopic (exact) mass is 396 g/mol. The van der Waals surface area contributed by atoms with E-state index in [9.17, 15) is 4.79 Å². The molecule has 1 atom stereocenters. The predicted molar refractivity (Wildman–Crippen MR) is 114 cm³/mol. The Hall–Kier alpha value is -3.80. The van der Waals surface area contributed by atoms with Crippen LogP contribution < -0.4 is 0 Å². The lowest BCUT2D eigenvalue weighted by atomic mass is 9.97. The number of aromatic nitrogens is 2. The van der Waals surface area contributed by atoms with Crippen molar-refractivity contribution in [2.75, 3.05) is 0 Å². The topological polar surface area (TPSA) is 71.6 Å². The van der Waals surface area contributed by atoms with E-state index in [4.69, 9.17) is 9.52 Å². The number of carbonyl (C=O) groups excluding carboxylic acids is 1. The maximum atomic E-state index is 13.1. The summed E-state index contributed by atoms with van der Waals surface area (Å²) < 4.78 is 5.35. The van der Waals surface area contributed by atoms with E-state index in [2.05, 4.69) is 41.2 Å². The first-order valence-corrected chi connectivity index (χ1v) is 9.97. The number of furan rings is 1. The second-order valence-corrected chi connectivity index (χ2v) is 7.25. The lowest BCUT2D eigenvalue weighted by molar-refractivity contribution is 0.0678. The second-order valence-electron chi connectivity index (χ2n) is 7.25. The van der Waals surface area contributed by atoms with E-state index in [0.717, 1.165) is 34.3 Å². The van der Waals surface area contributed by atoms with Gasteiger partial charge >= 0.3 is 5.91 Å². The molecule has 4 aromatic rings. The SMILES string of the molecule is CCc1ccc(C2=NN(C(=O)c3ccco3)[C@@H](c3ccc4nccnc4c3)C2)cc1. The van der Waals surface area contributed by atoms with Gasteiger partial charge in [-0.1, -0.05) is 37.3 Å². The summed E-state index contributed by atoms with van der Waals surface area (Å²) in [6.07, 6.45) is 6.44. The molecule has 2 aromatic carbocycles. The van der Waals surface area contributed by atoms with Gasteiger partial charge in [0.2, 0.25) is 0 Å². The summed E-state index contributed by atoms with van der Waals surface area (Å²) in [5.41, 5.74) is 5.74. The number of nitrogens with zero attached hydrogens (tertiary/aromatic N) is 4. The molecule has 0 saturated heterocycles. The highest BCUT2D eigenvalue weighted by Gasteiger charge is 2.34. The average Bonchev–Trinajstić information content (AvgIpc) is 3.49. The Bertz CT molecular complexity index is 1230. The fourth-order valence-electron chi connectivity index (χ4n) is 3.77. The number of aryl methyl sites for hydroxylation is 1. The van der Waals surface area contributed by atoms with Crippen LogP contribution in [-0.4, -0.2) is 26.6 Å². The lowest BCUT2D eigenvalue weighted by Crippen LogP contribution is -2.26. The van der Waals surface area contributed by atoms with Crippen LogP contribution in [0.15, 0.2) is 82.8 Å². The van der Waals surface area contributed by atoms with Crippen LogP contribution in [0.4, 0.5) is 0 Å². The Labute approximate surface area is 173 Å². The number of hydrogen-bond donors (Lipinski definition) is 0. The van der Waals surface area contributed by atoms with E-state index >= 15 is 0 Å². The largest absolute Gasteiger partial charge is 0.459 e. The summed E-state index contributed by atoms with van der Waals surface area (Å²) in [7, 11) is 0. The molecular weight excluding hydrogens is 376 g/mol. The van der Waals surface area contributed by atoms with Gasteiger partial charge in [-0.25, -0.2) is 5.01 Å². The highest BCUT2D eigenvalue weighted by Crippen LogP contribution is 2.35. The third kappa shape index (κ3) is 3.26. The van der Waals surface area contributed by atoms with Gasteiger partial charge in [-0.2, -0.15) is 5.10 Å². The second kappa shape index (κ2) is 7.55. The minimum Gasteiger partial charge on any atom is -0.459 e. The quantitative estimate of drug-likeness (QED) is 0.498. The standard InChI is InChI=1S/C24H20N4O2/c1-2-16-5-7-17(8-6-16)20-15-22(28(27-20)24(29)23-4-3-13-30-23)18-9-10-19-21(14-18)26-12-11-25-19/h3-14,22H,2,15H2,1H3/t22-/m1/s1. The van der Waals surface area contributed by atoms with E-state index in [1.165, 1.54) is 16.8 Å². The average molecular weight is 396 g/mol. The molecule has 0 spiro atoms. The molecule has 148 valence electrons. The third-order valence-electron chi connectivity index (χ3n) is 5.42. The number of amides is 1. The summed E-state index contributed by atoms with van der Waals surface area (Å²) in [4.78, 5) is 21.9. The molecular formula is C24H20N4O2. The van der Waals surface area contributed by atoms with Crippen molar-refractivity contribution < 1.29 is 9.21 Å². The minimum atomic E-state index is -0.260. The first-order chi connectivity index (χ1) is 14.7. The van der Waals surface area contributed by atoms with E-state index in [1.807, 2.05) is 18.2 Å². The number of carbonyl (C=O) groups is 1. The van der Waals surface area contributed by atoms with Crippen molar-refractivity contribution in [1.82, 2.24) is 15.0 Å². The van der Waals surface area contributed by atoms with Crippen LogP contribution in [0.25, 0.3) is 11.0 Å². The molecule has 6 nitrogen and oxygen atoms in total. The van der Waals surface area contributed by atoms with Crippen molar-refractivity contribution in [2.24, 2.45) is 5.10 Å². The van der Waals surface area contributed by atoms with Crippen molar-refractivity contribution in [3.8, 4) is 0 Å². The van der Waals surface area contributed by atoms with Crippen LogP contribution in [0.5, 0.6) is 0 Å². The zero-order valence-corrected chi connectivity index (χ0v) is 16.5. The molecule has 1 aliphatic heterocycles. The summed E-state index contributed by atoms with van der Waals surface area (Å²) in [5.74, 6) is 0.0105. The molecule has 5 rings (SSSR count). The number of hydrazone groups is 1. The highest BCUT2D eigenvalue weighted by atomic mass is 16.3. The van der Waals surface area contributed by atoms with Gasteiger partial charge in [-0.3, -0.25) is 14.8 Å². The van der Waals surface area contributed by atoms with E-state index < -0.39 is 0 Å². The first kappa shape index (κ1) is 18.2. The van der Waals surface area contributed by atoms with Crippen LogP contribution >= 0.6 is 0 Å². The normalized spacial score (nSPS) is 16.1. The highest BCUT2D eigenvalue weighted by molar-refractivity contribution is 6.04. The molecule has 3 heterocycles. The van der Waals surface area contributed by atoms with Crippen molar-refractivity contribution in [3.63, 3.8) is 0 Å². The Morgan fingerprint density at radius 1 is 1.07 bits per heavy atom. The molecule has 0 N–H and O–H groups in total. The molecule has 6 heteroatoms. The van der Waals surface area contributed by atoms with Gasteiger partial charge in [0.05, 0.1) is 29.1 Å². The number of hydrogen-bond acceptors (Lipinski definition) is 5. The number of benzene rings is 2. The van der Waals surface area contributed by atoms with Gasteiger partial charge in [0, 0.05) is 18.8 Å². The van der Waals surface area contributed by atoms with Crippen molar-refractivity contribution in [3.05, 3.63) is 95.7 Å².